The molecular weight excluding hydrogens is 286 g/mol. The predicted octanol–water partition coefficient (Wildman–Crippen LogP) is 4.16. The summed E-state index contributed by atoms with van der Waals surface area (Å²) in [5, 5.41) is 20.4. The lowest BCUT2D eigenvalue weighted by Crippen LogP contribution is -1.94. The molecule has 92 valence electrons. The molecule has 0 bridgehead atoms. The second-order valence-corrected chi connectivity index (χ2v) is 6.80. The van der Waals surface area contributed by atoms with E-state index in [0.29, 0.717) is 11.1 Å². The summed E-state index contributed by atoms with van der Waals surface area (Å²) in [5.41, 5.74) is 1.06. The zero-order valence-corrected chi connectivity index (χ0v) is 11.9. The number of carbonyl (C=O) groups is 1. The number of carboxylic acids is 1. The Morgan fingerprint density at radius 2 is 2.39 bits per heavy atom. The van der Waals surface area contributed by atoms with Gasteiger partial charge < -0.3 is 5.11 Å². The Morgan fingerprint density at radius 1 is 1.61 bits per heavy atom. The fourth-order valence-electron chi connectivity index (χ4n) is 1.55. The second-order valence-electron chi connectivity index (χ2n) is 3.30. The van der Waals surface area contributed by atoms with Crippen LogP contribution < -0.4 is 0 Å². The van der Waals surface area contributed by atoms with Crippen LogP contribution >= 0.6 is 34.4 Å². The number of hydrogen-bond acceptors (Lipinski definition) is 5. The van der Waals surface area contributed by atoms with Crippen molar-refractivity contribution in [1.82, 2.24) is 0 Å². The molecule has 0 atom stereocenters. The molecule has 0 amide bonds. The average Bonchev–Trinajstić information content (AvgIpc) is 2.94. The van der Waals surface area contributed by atoms with Gasteiger partial charge in [0.15, 0.2) is 0 Å². The van der Waals surface area contributed by atoms with Crippen LogP contribution in [0.5, 0.6) is 0 Å². The van der Waals surface area contributed by atoms with Crippen LogP contribution in [0.3, 0.4) is 0 Å². The summed E-state index contributed by atoms with van der Waals surface area (Å²) >= 11 is 4.15. The third kappa shape index (κ3) is 2.29. The number of nitrogens with zero attached hydrogens (tertiary/aromatic N) is 1. The fraction of sp³-hybridized carbons (Fsp3) is 0.167. The molecule has 1 N–H and O–H groups in total. The molecule has 2 aromatic heterocycles. The first kappa shape index (κ1) is 13.1. The molecule has 0 aliphatic rings. The lowest BCUT2D eigenvalue weighted by molar-refractivity contribution is 0.0703. The second kappa shape index (κ2) is 5.57. The van der Waals surface area contributed by atoms with Crippen LogP contribution in [0.15, 0.2) is 21.7 Å². The van der Waals surface area contributed by atoms with Crippen LogP contribution in [0.4, 0.5) is 0 Å². The molecule has 0 saturated carbocycles. The normalized spacial score (nSPS) is 10.2. The van der Waals surface area contributed by atoms with Gasteiger partial charge >= 0.3 is 5.97 Å². The van der Waals surface area contributed by atoms with Crippen molar-refractivity contribution in [3.63, 3.8) is 0 Å². The van der Waals surface area contributed by atoms with Crippen molar-refractivity contribution in [3.05, 3.63) is 28.0 Å². The highest BCUT2D eigenvalue weighted by Gasteiger charge is 2.24. The highest BCUT2D eigenvalue weighted by atomic mass is 32.2. The fourth-order valence-corrected chi connectivity index (χ4v) is 4.63. The molecule has 18 heavy (non-hydrogen) atoms. The van der Waals surface area contributed by atoms with E-state index in [0.717, 1.165) is 14.8 Å². The lowest BCUT2D eigenvalue weighted by Gasteiger charge is -1.97. The van der Waals surface area contributed by atoms with Gasteiger partial charge in [0.1, 0.15) is 10.9 Å². The van der Waals surface area contributed by atoms with Crippen LogP contribution in [0.1, 0.15) is 22.2 Å². The number of aromatic carboxylic acids is 1. The van der Waals surface area contributed by atoms with Crippen LogP contribution in [0.2, 0.25) is 0 Å². The summed E-state index contributed by atoms with van der Waals surface area (Å²) in [6.45, 7) is 1.98. The minimum absolute atomic E-state index is 0.255. The molecule has 2 aromatic rings. The molecule has 2 rings (SSSR count). The Labute approximate surface area is 117 Å². The zero-order chi connectivity index (χ0) is 13.1. The van der Waals surface area contributed by atoms with Gasteiger partial charge in [-0.15, -0.1) is 34.4 Å². The van der Waals surface area contributed by atoms with Gasteiger partial charge in [0.05, 0.1) is 9.77 Å². The maximum atomic E-state index is 11.3. The van der Waals surface area contributed by atoms with E-state index in [2.05, 4.69) is 6.07 Å². The number of nitriles is 1. The first-order valence-corrected chi connectivity index (χ1v) is 7.84. The topological polar surface area (TPSA) is 61.1 Å². The first-order chi connectivity index (χ1) is 8.69. The third-order valence-corrected chi connectivity index (χ3v) is 5.44. The molecule has 0 fully saturated rings. The molecule has 3 nitrogen and oxygen atoms in total. The molecule has 0 saturated heterocycles. The van der Waals surface area contributed by atoms with Gasteiger partial charge in [0, 0.05) is 10.4 Å². The molecule has 0 aromatic carbocycles. The first-order valence-electron chi connectivity index (χ1n) is 5.15. The summed E-state index contributed by atoms with van der Waals surface area (Å²) in [6.07, 6.45) is 0. The van der Waals surface area contributed by atoms with Gasteiger partial charge in [-0.05, 0) is 17.2 Å². The maximum absolute atomic E-state index is 11.3. The van der Waals surface area contributed by atoms with E-state index in [1.807, 2.05) is 24.4 Å². The van der Waals surface area contributed by atoms with Crippen molar-refractivity contribution in [2.24, 2.45) is 0 Å². The highest BCUT2D eigenvalue weighted by molar-refractivity contribution is 8.01. The van der Waals surface area contributed by atoms with Gasteiger partial charge in [0.2, 0.25) is 0 Å². The monoisotopic (exact) mass is 295 g/mol. The minimum atomic E-state index is -0.970. The van der Waals surface area contributed by atoms with E-state index < -0.39 is 5.97 Å². The minimum Gasteiger partial charge on any atom is -0.477 e. The van der Waals surface area contributed by atoms with Gasteiger partial charge in [-0.25, -0.2) is 4.79 Å². The average molecular weight is 295 g/mol. The highest BCUT2D eigenvalue weighted by Crippen LogP contribution is 2.42. The molecule has 0 radical (unpaired) electrons. The van der Waals surface area contributed by atoms with E-state index in [4.69, 9.17) is 0 Å². The van der Waals surface area contributed by atoms with Gasteiger partial charge in [-0.2, -0.15) is 5.26 Å². The van der Waals surface area contributed by atoms with Crippen LogP contribution in [-0.4, -0.2) is 16.8 Å². The number of carboxylic acid groups (broad SMARTS) is 1. The smallest absolute Gasteiger partial charge is 0.346 e. The van der Waals surface area contributed by atoms with E-state index >= 15 is 0 Å². The summed E-state index contributed by atoms with van der Waals surface area (Å²) in [6, 6.07) is 5.85. The Hall–Kier alpha value is -1.29. The third-order valence-electron chi connectivity index (χ3n) is 2.22. The van der Waals surface area contributed by atoms with Gasteiger partial charge in [-0.3, -0.25) is 0 Å². The predicted molar refractivity (Wildman–Crippen MR) is 75.7 cm³/mol. The van der Waals surface area contributed by atoms with Gasteiger partial charge in [-0.1, -0.05) is 13.0 Å². The maximum Gasteiger partial charge on any atom is 0.346 e. The van der Waals surface area contributed by atoms with E-state index in [9.17, 15) is 15.2 Å². The largest absolute Gasteiger partial charge is 0.477 e. The summed E-state index contributed by atoms with van der Waals surface area (Å²) in [5.74, 6) is -0.152. The van der Waals surface area contributed by atoms with E-state index in [1.165, 1.54) is 34.4 Å². The Morgan fingerprint density at radius 3 is 2.89 bits per heavy atom. The molecule has 0 unspecified atom stereocenters. The van der Waals surface area contributed by atoms with Crippen molar-refractivity contribution in [2.45, 2.75) is 11.1 Å². The standard InChI is InChI=1S/C12H9NO2S3/c1-2-16-12-7(6-13)9(8-4-3-5-17-8)10(18-12)11(14)15/h3-5H,2H2,1H3,(H,14,15). The number of thiophene rings is 2. The number of thioether (sulfide) groups is 1. The molecule has 2 heterocycles. The zero-order valence-electron chi connectivity index (χ0n) is 9.47. The summed E-state index contributed by atoms with van der Waals surface area (Å²) in [7, 11) is 0. The molecule has 0 aliphatic carbocycles. The number of rotatable bonds is 4. The van der Waals surface area contributed by atoms with Crippen LogP contribution in [0.25, 0.3) is 10.4 Å². The Kier molecular flexibility index (Phi) is 4.07. The molecular formula is C12H9NO2S3. The van der Waals surface area contributed by atoms with Crippen molar-refractivity contribution >= 4 is 40.4 Å². The van der Waals surface area contributed by atoms with E-state index in [-0.39, 0.29) is 4.88 Å². The van der Waals surface area contributed by atoms with Crippen molar-refractivity contribution < 1.29 is 9.90 Å². The molecule has 0 aliphatic heterocycles. The van der Waals surface area contributed by atoms with Gasteiger partial charge in [0.25, 0.3) is 0 Å². The van der Waals surface area contributed by atoms with Crippen LogP contribution in [-0.2, 0) is 0 Å². The van der Waals surface area contributed by atoms with E-state index in [1.54, 1.807) is 0 Å². The summed E-state index contributed by atoms with van der Waals surface area (Å²) in [4.78, 5) is 12.4. The SMILES string of the molecule is CCSc1sc(C(=O)O)c(-c2cccs2)c1C#N. The van der Waals surface area contributed by atoms with Crippen molar-refractivity contribution in [3.8, 4) is 16.5 Å². The van der Waals surface area contributed by atoms with Crippen LogP contribution in [0, 0.1) is 11.3 Å². The Bertz CT molecular complexity index is 608. The number of hydrogen-bond donors (Lipinski definition) is 1. The lowest BCUT2D eigenvalue weighted by atomic mass is 10.1. The van der Waals surface area contributed by atoms with Crippen molar-refractivity contribution in [2.75, 3.05) is 5.75 Å². The summed E-state index contributed by atoms with van der Waals surface area (Å²) < 4.78 is 0.792. The van der Waals surface area contributed by atoms with Crippen molar-refractivity contribution in [1.29, 1.82) is 5.26 Å². The molecule has 0 spiro atoms. The molecule has 6 heteroatoms. The quantitative estimate of drug-likeness (QED) is 0.860. The Balaban J connectivity index is 2.68.